The van der Waals surface area contributed by atoms with Crippen LogP contribution in [0.15, 0.2) is 53.4 Å². The Balaban J connectivity index is 1.92. The van der Waals surface area contributed by atoms with Crippen molar-refractivity contribution in [3.8, 4) is 0 Å². The third-order valence-electron chi connectivity index (χ3n) is 5.75. The van der Waals surface area contributed by atoms with Gasteiger partial charge in [0.25, 0.3) is 10.0 Å². The van der Waals surface area contributed by atoms with Crippen molar-refractivity contribution in [3.05, 3.63) is 76.6 Å². The largest absolute Gasteiger partial charge is 0.354 e. The van der Waals surface area contributed by atoms with Crippen molar-refractivity contribution < 1.29 is 13.2 Å². The highest BCUT2D eigenvalue weighted by Crippen LogP contribution is 2.29. The summed E-state index contributed by atoms with van der Waals surface area (Å²) in [6.45, 7) is 9.31. The molecule has 0 aliphatic heterocycles. The van der Waals surface area contributed by atoms with Gasteiger partial charge in [0, 0.05) is 13.6 Å². The molecule has 1 N–H and O–H groups in total. The van der Waals surface area contributed by atoms with Crippen LogP contribution in [0.1, 0.15) is 40.9 Å². The van der Waals surface area contributed by atoms with E-state index in [9.17, 15) is 13.2 Å². The molecule has 0 saturated heterocycles. The number of aromatic nitrogens is 2. The number of hydrogen-bond acceptors (Lipinski definition) is 4. The second-order valence-corrected chi connectivity index (χ2v) is 10.4. The van der Waals surface area contributed by atoms with Crippen molar-refractivity contribution in [1.29, 1.82) is 0 Å². The zero-order valence-corrected chi connectivity index (χ0v) is 20.9. The number of sulfonamides is 1. The van der Waals surface area contributed by atoms with E-state index in [2.05, 4.69) is 10.4 Å². The summed E-state index contributed by atoms with van der Waals surface area (Å²) >= 11 is 0. The van der Waals surface area contributed by atoms with Gasteiger partial charge < -0.3 is 5.32 Å². The molecule has 8 heteroatoms. The fourth-order valence-corrected chi connectivity index (χ4v) is 5.81. The van der Waals surface area contributed by atoms with E-state index in [1.807, 2.05) is 57.2 Å². The molecule has 1 atom stereocenters. The van der Waals surface area contributed by atoms with Crippen molar-refractivity contribution >= 4 is 21.6 Å². The van der Waals surface area contributed by atoms with Crippen LogP contribution in [0.25, 0.3) is 0 Å². The Morgan fingerprint density at radius 1 is 1.06 bits per heavy atom. The predicted octanol–water partition coefficient (Wildman–Crippen LogP) is 3.77. The molecule has 0 spiro atoms. The molecule has 3 aromatic rings. The average Bonchev–Trinajstić information content (AvgIpc) is 3.01. The first-order chi connectivity index (χ1) is 15.5. The highest BCUT2D eigenvalue weighted by atomic mass is 32.2. The summed E-state index contributed by atoms with van der Waals surface area (Å²) in [6, 6.07) is 15.4. The molecule has 0 aliphatic rings. The maximum Gasteiger partial charge on any atom is 0.268 e. The van der Waals surface area contributed by atoms with Crippen LogP contribution < -0.4 is 9.62 Å². The lowest BCUT2D eigenvalue weighted by atomic mass is 10.0. The van der Waals surface area contributed by atoms with Gasteiger partial charge in [-0.25, -0.2) is 8.42 Å². The number of benzene rings is 2. The van der Waals surface area contributed by atoms with E-state index in [-0.39, 0.29) is 23.3 Å². The van der Waals surface area contributed by atoms with Gasteiger partial charge in [-0.15, -0.1) is 0 Å². The Morgan fingerprint density at radius 2 is 1.67 bits per heavy atom. The minimum atomic E-state index is -4.02. The first-order valence-electron chi connectivity index (χ1n) is 10.9. The maximum absolute atomic E-state index is 13.8. The predicted molar refractivity (Wildman–Crippen MR) is 131 cm³/mol. The fourth-order valence-electron chi connectivity index (χ4n) is 4.00. The number of anilines is 1. The van der Waals surface area contributed by atoms with Crippen molar-refractivity contribution in [2.75, 3.05) is 17.4 Å². The van der Waals surface area contributed by atoms with Crippen molar-refractivity contribution in [3.63, 3.8) is 0 Å². The summed E-state index contributed by atoms with van der Waals surface area (Å²) in [5, 5.41) is 7.17. The monoisotopic (exact) mass is 468 g/mol. The molecule has 0 bridgehead atoms. The van der Waals surface area contributed by atoms with E-state index < -0.39 is 10.0 Å². The van der Waals surface area contributed by atoms with E-state index >= 15 is 0 Å². The molecule has 7 nitrogen and oxygen atoms in total. The number of rotatable bonds is 8. The Hall–Kier alpha value is -3.13. The Morgan fingerprint density at radius 3 is 2.21 bits per heavy atom. The molecule has 33 heavy (non-hydrogen) atoms. The van der Waals surface area contributed by atoms with Gasteiger partial charge in [-0.1, -0.05) is 43.3 Å². The minimum absolute atomic E-state index is 0.101. The molecule has 176 valence electrons. The summed E-state index contributed by atoms with van der Waals surface area (Å²) in [5.41, 5.74) is 4.34. The van der Waals surface area contributed by atoms with E-state index in [0.717, 1.165) is 16.7 Å². The van der Waals surface area contributed by atoms with E-state index in [4.69, 9.17) is 0 Å². The first-order valence-corrected chi connectivity index (χ1v) is 12.4. The first kappa shape index (κ1) is 24.5. The van der Waals surface area contributed by atoms with Crippen LogP contribution in [0.5, 0.6) is 0 Å². The molecule has 0 fully saturated rings. The Labute approximate surface area is 196 Å². The van der Waals surface area contributed by atoms with Gasteiger partial charge in [-0.3, -0.25) is 13.8 Å². The van der Waals surface area contributed by atoms with Gasteiger partial charge >= 0.3 is 0 Å². The Bertz CT molecular complexity index is 1230. The smallest absolute Gasteiger partial charge is 0.268 e. The molecule has 1 heterocycles. The molecule has 1 aromatic heterocycles. The van der Waals surface area contributed by atoms with Crippen LogP contribution in [0, 0.1) is 27.7 Å². The van der Waals surface area contributed by atoms with E-state index in [0.29, 0.717) is 23.6 Å². The van der Waals surface area contributed by atoms with Gasteiger partial charge in [0.15, 0.2) is 0 Å². The standard InChI is InChI=1S/C25H32N4O3S/c1-17-12-18(2)14-23(13-17)29(33(31,32)25-20(4)27-28(6)21(25)5)16-24(30)26-15-19(3)22-10-8-7-9-11-22/h7-14,19H,15-16H2,1-6H3,(H,26,30). The lowest BCUT2D eigenvalue weighted by Gasteiger charge is -2.25. The second kappa shape index (κ2) is 9.79. The van der Waals surface area contributed by atoms with Gasteiger partial charge in [0.1, 0.15) is 11.4 Å². The Kier molecular flexibility index (Phi) is 7.27. The number of carbonyl (C=O) groups excluding carboxylic acids is 1. The number of aryl methyl sites for hydroxylation is 4. The lowest BCUT2D eigenvalue weighted by molar-refractivity contribution is -0.119. The van der Waals surface area contributed by atoms with Gasteiger partial charge in [0.2, 0.25) is 5.91 Å². The number of nitrogens with zero attached hydrogens (tertiary/aromatic N) is 3. The van der Waals surface area contributed by atoms with Crippen molar-refractivity contribution in [2.24, 2.45) is 7.05 Å². The summed E-state index contributed by atoms with van der Waals surface area (Å²) in [4.78, 5) is 13.1. The van der Waals surface area contributed by atoms with Crippen LogP contribution in [-0.2, 0) is 21.9 Å². The van der Waals surface area contributed by atoms with Crippen LogP contribution in [-0.4, -0.2) is 37.2 Å². The zero-order chi connectivity index (χ0) is 24.3. The normalized spacial score (nSPS) is 12.4. The summed E-state index contributed by atoms with van der Waals surface area (Å²) in [5.74, 6) is -0.260. The van der Waals surface area contributed by atoms with Crippen LogP contribution in [0.4, 0.5) is 5.69 Å². The van der Waals surface area contributed by atoms with Gasteiger partial charge in [-0.2, -0.15) is 5.10 Å². The zero-order valence-electron chi connectivity index (χ0n) is 20.1. The molecule has 1 amide bonds. The van der Waals surface area contributed by atoms with E-state index in [1.54, 1.807) is 37.7 Å². The molecular weight excluding hydrogens is 436 g/mol. The highest BCUT2D eigenvalue weighted by molar-refractivity contribution is 7.93. The number of amides is 1. The number of nitrogens with one attached hydrogen (secondary N) is 1. The SMILES string of the molecule is Cc1cc(C)cc(N(CC(=O)NCC(C)c2ccccc2)S(=O)(=O)c2c(C)nn(C)c2C)c1. The van der Waals surface area contributed by atoms with Gasteiger partial charge in [-0.05, 0) is 62.4 Å². The molecule has 3 rings (SSSR count). The molecule has 0 radical (unpaired) electrons. The van der Waals surface area contributed by atoms with E-state index in [1.165, 1.54) is 4.31 Å². The molecule has 0 saturated carbocycles. The molecule has 1 unspecified atom stereocenters. The quantitative estimate of drug-likeness (QED) is 0.545. The summed E-state index contributed by atoms with van der Waals surface area (Å²) in [6.07, 6.45) is 0. The van der Waals surface area contributed by atoms with Crippen molar-refractivity contribution in [2.45, 2.75) is 45.4 Å². The number of carbonyl (C=O) groups is 1. The van der Waals surface area contributed by atoms with Crippen LogP contribution in [0.3, 0.4) is 0 Å². The average molecular weight is 469 g/mol. The topological polar surface area (TPSA) is 84.3 Å². The highest BCUT2D eigenvalue weighted by Gasteiger charge is 2.32. The third kappa shape index (κ3) is 5.45. The summed E-state index contributed by atoms with van der Waals surface area (Å²) < 4.78 is 30.3. The summed E-state index contributed by atoms with van der Waals surface area (Å²) in [7, 11) is -2.32. The van der Waals surface area contributed by atoms with Crippen LogP contribution >= 0.6 is 0 Å². The molecule has 2 aromatic carbocycles. The minimum Gasteiger partial charge on any atom is -0.354 e. The third-order valence-corrected chi connectivity index (χ3v) is 7.77. The van der Waals surface area contributed by atoms with Gasteiger partial charge in [0.05, 0.1) is 17.1 Å². The molecular formula is C25H32N4O3S. The van der Waals surface area contributed by atoms with Crippen molar-refractivity contribution in [1.82, 2.24) is 15.1 Å². The lowest BCUT2D eigenvalue weighted by Crippen LogP contribution is -2.42. The number of hydrogen-bond donors (Lipinski definition) is 1. The fraction of sp³-hybridized carbons (Fsp3) is 0.360. The second-order valence-electron chi connectivity index (χ2n) is 8.60. The molecule has 0 aliphatic carbocycles. The van der Waals surface area contributed by atoms with Crippen LogP contribution in [0.2, 0.25) is 0 Å². The maximum atomic E-state index is 13.8.